The van der Waals surface area contributed by atoms with Crippen LogP contribution in [0.15, 0.2) is 0 Å². The van der Waals surface area contributed by atoms with Gasteiger partial charge in [-0.15, -0.1) is 0 Å². The maximum absolute atomic E-state index is 10.8. The molecule has 0 bridgehead atoms. The molecule has 0 aromatic rings. The summed E-state index contributed by atoms with van der Waals surface area (Å²) in [5, 5.41) is 16.7. The van der Waals surface area contributed by atoms with E-state index in [4.69, 9.17) is 10.2 Å². The van der Waals surface area contributed by atoms with Crippen LogP contribution in [0.4, 0.5) is 0 Å². The van der Waals surface area contributed by atoms with Crippen LogP contribution in [0.2, 0.25) is 0 Å². The molecule has 56 valence electrons. The minimum Gasteiger partial charge on any atom is -0.386 e. The van der Waals surface area contributed by atoms with Gasteiger partial charge in [0.05, 0.1) is 6.61 Å². The molecule has 0 saturated carbocycles. The summed E-state index contributed by atoms with van der Waals surface area (Å²) in [5.41, 5.74) is 0. The summed E-state index contributed by atoms with van der Waals surface area (Å²) in [6.45, 7) is 1.90. The Balaban J connectivity index is 3.78. The molecule has 0 aromatic heterocycles. The van der Waals surface area contributed by atoms with Gasteiger partial charge < -0.3 is 14.7 Å². The van der Waals surface area contributed by atoms with Gasteiger partial charge >= 0.3 is 0 Å². The fourth-order valence-corrected chi connectivity index (χ4v) is 1.08. The number of hydrogen-bond acceptors (Lipinski definition) is 4. The Labute approximate surface area is 53.9 Å². The summed E-state index contributed by atoms with van der Waals surface area (Å²) < 4.78 is 15.4. The zero-order valence-electron chi connectivity index (χ0n) is 5.28. The Bertz CT molecular complexity index is 105. The molecule has 5 heteroatoms. The Morgan fingerprint density at radius 1 is 1.44 bits per heavy atom. The van der Waals surface area contributed by atoms with Crippen LogP contribution < -0.4 is 0 Å². The molecule has 0 spiro atoms. The zero-order valence-corrected chi connectivity index (χ0v) is 6.17. The molecule has 0 aliphatic carbocycles. The molecule has 0 amide bonds. The van der Waals surface area contributed by atoms with Crippen molar-refractivity contribution < 1.29 is 19.3 Å². The van der Waals surface area contributed by atoms with Crippen molar-refractivity contribution in [2.75, 3.05) is 19.3 Å². The molecular weight excluding hydrogens is 143 g/mol. The molecule has 0 aliphatic rings. The molecule has 0 unspecified atom stereocenters. The SMILES string of the molecule is CCOP(=O)(CO)CO. The zero-order chi connectivity index (χ0) is 7.33. The van der Waals surface area contributed by atoms with E-state index in [1.165, 1.54) is 0 Å². The highest BCUT2D eigenvalue weighted by atomic mass is 31.2. The summed E-state index contributed by atoms with van der Waals surface area (Å²) in [5.74, 6) is 0. The fraction of sp³-hybridized carbons (Fsp3) is 1.00. The van der Waals surface area contributed by atoms with Crippen LogP contribution in [0, 0.1) is 0 Å². The average Bonchev–Trinajstić information content (AvgIpc) is 1.89. The highest BCUT2D eigenvalue weighted by molar-refractivity contribution is 7.58. The summed E-state index contributed by atoms with van der Waals surface area (Å²) in [7, 11) is -3.07. The lowest BCUT2D eigenvalue weighted by Crippen LogP contribution is -1.98. The van der Waals surface area contributed by atoms with Crippen molar-refractivity contribution in [2.45, 2.75) is 6.92 Å². The first-order chi connectivity index (χ1) is 4.18. The minimum atomic E-state index is -3.07. The molecule has 4 nitrogen and oxygen atoms in total. The minimum absolute atomic E-state index is 0.248. The van der Waals surface area contributed by atoms with Crippen LogP contribution in [0.5, 0.6) is 0 Å². The third-order valence-electron chi connectivity index (χ3n) is 0.795. The first-order valence-electron chi connectivity index (χ1n) is 2.63. The standard InChI is InChI=1S/C4H11O4P/c1-2-8-9(7,3-5)4-6/h5-6H,2-4H2,1H3. The molecular formula is C4H11O4P. The third kappa shape index (κ3) is 2.96. The Hall–Kier alpha value is 0.110. The van der Waals surface area contributed by atoms with E-state index in [0.717, 1.165) is 0 Å². The monoisotopic (exact) mass is 154 g/mol. The van der Waals surface area contributed by atoms with Gasteiger partial charge in [0.25, 0.3) is 7.37 Å². The second-order valence-corrected chi connectivity index (χ2v) is 3.97. The number of aliphatic hydroxyl groups is 2. The van der Waals surface area contributed by atoms with Gasteiger partial charge in [-0.1, -0.05) is 0 Å². The maximum atomic E-state index is 10.8. The van der Waals surface area contributed by atoms with E-state index in [2.05, 4.69) is 4.52 Å². The van der Waals surface area contributed by atoms with Gasteiger partial charge in [-0.3, -0.25) is 4.57 Å². The topological polar surface area (TPSA) is 66.8 Å². The van der Waals surface area contributed by atoms with Crippen molar-refractivity contribution >= 4 is 7.37 Å². The van der Waals surface area contributed by atoms with Crippen LogP contribution in [0.25, 0.3) is 0 Å². The smallest absolute Gasteiger partial charge is 0.252 e. The van der Waals surface area contributed by atoms with Gasteiger partial charge in [-0.05, 0) is 6.92 Å². The summed E-state index contributed by atoms with van der Waals surface area (Å²) >= 11 is 0. The van der Waals surface area contributed by atoms with Crippen molar-refractivity contribution in [3.05, 3.63) is 0 Å². The summed E-state index contributed by atoms with van der Waals surface area (Å²) in [6.07, 6.45) is -1.17. The number of rotatable bonds is 4. The van der Waals surface area contributed by atoms with E-state index < -0.39 is 20.1 Å². The molecule has 0 fully saturated rings. The van der Waals surface area contributed by atoms with Gasteiger partial charge in [-0.25, -0.2) is 0 Å². The normalized spacial score (nSPS) is 11.9. The van der Waals surface area contributed by atoms with E-state index in [-0.39, 0.29) is 6.61 Å². The molecule has 0 radical (unpaired) electrons. The van der Waals surface area contributed by atoms with Crippen molar-refractivity contribution in [2.24, 2.45) is 0 Å². The molecule has 0 saturated heterocycles. The van der Waals surface area contributed by atoms with E-state index in [9.17, 15) is 4.57 Å². The van der Waals surface area contributed by atoms with E-state index in [1.54, 1.807) is 6.92 Å². The van der Waals surface area contributed by atoms with Gasteiger partial charge in [0.2, 0.25) is 0 Å². The second kappa shape index (κ2) is 4.01. The Morgan fingerprint density at radius 2 is 1.89 bits per heavy atom. The van der Waals surface area contributed by atoms with Crippen LogP contribution in [0.1, 0.15) is 6.92 Å². The van der Waals surface area contributed by atoms with Crippen molar-refractivity contribution in [3.63, 3.8) is 0 Å². The predicted octanol–water partition coefficient (Wildman–Crippen LogP) is 0.201. The highest BCUT2D eigenvalue weighted by Gasteiger charge is 2.18. The Kier molecular flexibility index (Phi) is 4.06. The second-order valence-electron chi connectivity index (χ2n) is 1.52. The first kappa shape index (κ1) is 9.11. The third-order valence-corrected chi connectivity index (χ3v) is 2.39. The van der Waals surface area contributed by atoms with Crippen LogP contribution in [-0.4, -0.2) is 29.5 Å². The predicted molar refractivity (Wildman–Crippen MR) is 33.4 cm³/mol. The molecule has 0 aliphatic heterocycles. The van der Waals surface area contributed by atoms with Gasteiger partial charge in [0, 0.05) is 0 Å². The maximum Gasteiger partial charge on any atom is 0.252 e. The molecule has 0 atom stereocenters. The van der Waals surface area contributed by atoms with E-state index in [0.29, 0.717) is 0 Å². The molecule has 0 rings (SSSR count). The van der Waals surface area contributed by atoms with E-state index >= 15 is 0 Å². The number of aliphatic hydroxyl groups excluding tert-OH is 2. The lowest BCUT2D eigenvalue weighted by Gasteiger charge is -2.10. The lowest BCUT2D eigenvalue weighted by molar-refractivity contribution is 0.251. The molecule has 0 heterocycles. The molecule has 2 N–H and O–H groups in total. The summed E-state index contributed by atoms with van der Waals surface area (Å²) in [6, 6.07) is 0. The first-order valence-corrected chi connectivity index (χ1v) is 4.62. The van der Waals surface area contributed by atoms with Crippen LogP contribution >= 0.6 is 7.37 Å². The van der Waals surface area contributed by atoms with Crippen LogP contribution in [-0.2, 0) is 9.09 Å². The van der Waals surface area contributed by atoms with Crippen molar-refractivity contribution in [3.8, 4) is 0 Å². The summed E-state index contributed by atoms with van der Waals surface area (Å²) in [4.78, 5) is 0. The van der Waals surface area contributed by atoms with Crippen LogP contribution in [0.3, 0.4) is 0 Å². The fourth-order valence-electron chi connectivity index (χ4n) is 0.362. The highest BCUT2D eigenvalue weighted by Crippen LogP contribution is 2.43. The largest absolute Gasteiger partial charge is 0.386 e. The van der Waals surface area contributed by atoms with Crippen molar-refractivity contribution in [1.29, 1.82) is 0 Å². The average molecular weight is 154 g/mol. The number of hydrogen-bond donors (Lipinski definition) is 2. The van der Waals surface area contributed by atoms with Gasteiger partial charge in [0.1, 0.15) is 12.7 Å². The van der Waals surface area contributed by atoms with Crippen molar-refractivity contribution in [1.82, 2.24) is 0 Å². The van der Waals surface area contributed by atoms with Gasteiger partial charge in [-0.2, -0.15) is 0 Å². The molecule has 0 aromatic carbocycles. The van der Waals surface area contributed by atoms with Gasteiger partial charge in [0.15, 0.2) is 0 Å². The lowest BCUT2D eigenvalue weighted by atomic mass is 10.9. The molecule has 9 heavy (non-hydrogen) atoms. The van der Waals surface area contributed by atoms with E-state index in [1.807, 2.05) is 0 Å². The quantitative estimate of drug-likeness (QED) is 0.567. The Morgan fingerprint density at radius 3 is 2.00 bits per heavy atom.